The number of amides is 1. The van der Waals surface area contributed by atoms with Crippen LogP contribution in [0.25, 0.3) is 0 Å². The van der Waals surface area contributed by atoms with Crippen molar-refractivity contribution in [2.75, 3.05) is 19.6 Å². The van der Waals surface area contributed by atoms with E-state index >= 15 is 0 Å². The van der Waals surface area contributed by atoms with Crippen LogP contribution in [0.15, 0.2) is 0 Å². The first-order chi connectivity index (χ1) is 7.56. The maximum absolute atomic E-state index is 11.5. The first kappa shape index (κ1) is 11.9. The molecule has 4 N–H and O–H groups in total. The molecule has 1 saturated carbocycles. The second kappa shape index (κ2) is 4.34. The maximum Gasteiger partial charge on any atom is 0.239 e. The maximum atomic E-state index is 11.5. The van der Waals surface area contributed by atoms with Gasteiger partial charge in [-0.1, -0.05) is 13.3 Å². The third-order valence-corrected chi connectivity index (χ3v) is 4.20. The highest BCUT2D eigenvalue weighted by molar-refractivity contribution is 5.85. The number of likely N-dealkylation sites (tertiary alicyclic amines) is 1. The summed E-state index contributed by atoms with van der Waals surface area (Å²) < 4.78 is 0. The lowest BCUT2D eigenvalue weighted by molar-refractivity contribution is -0.124. The number of primary amides is 1. The largest absolute Gasteiger partial charge is 0.368 e. The Kier molecular flexibility index (Phi) is 3.22. The van der Waals surface area contributed by atoms with Gasteiger partial charge < -0.3 is 16.4 Å². The Hall–Kier alpha value is -0.610. The SMILES string of the molecule is CCC1CCN(CC(N)(C(N)=O)C2CC2)C1. The molecular formula is C12H23N3O. The van der Waals surface area contributed by atoms with Crippen LogP contribution in [0, 0.1) is 11.8 Å². The molecular weight excluding hydrogens is 202 g/mol. The molecule has 2 fully saturated rings. The number of nitrogens with zero attached hydrogens (tertiary/aromatic N) is 1. The normalized spacial score (nSPS) is 30.2. The molecule has 4 heteroatoms. The van der Waals surface area contributed by atoms with Crippen LogP contribution in [0.4, 0.5) is 0 Å². The number of carbonyl (C=O) groups excluding carboxylic acids is 1. The Balaban J connectivity index is 1.94. The fraction of sp³-hybridized carbons (Fsp3) is 0.917. The topological polar surface area (TPSA) is 72.3 Å². The highest BCUT2D eigenvalue weighted by atomic mass is 16.1. The fourth-order valence-corrected chi connectivity index (χ4v) is 2.77. The van der Waals surface area contributed by atoms with E-state index in [1.54, 1.807) is 0 Å². The molecule has 0 aromatic carbocycles. The summed E-state index contributed by atoms with van der Waals surface area (Å²) in [6, 6.07) is 0. The van der Waals surface area contributed by atoms with Crippen molar-refractivity contribution in [1.82, 2.24) is 4.90 Å². The van der Waals surface area contributed by atoms with Crippen molar-refractivity contribution < 1.29 is 4.79 Å². The van der Waals surface area contributed by atoms with E-state index in [9.17, 15) is 4.79 Å². The standard InChI is InChI=1S/C12H23N3O/c1-2-9-5-6-15(7-9)8-12(14,11(13)16)10-3-4-10/h9-10H,2-8,14H2,1H3,(H2,13,16). The average Bonchev–Trinajstić information content (AvgIpc) is 3.00. The Morgan fingerprint density at radius 3 is 2.56 bits per heavy atom. The Morgan fingerprint density at radius 1 is 1.44 bits per heavy atom. The summed E-state index contributed by atoms with van der Waals surface area (Å²) in [6.45, 7) is 5.02. The third-order valence-electron chi connectivity index (χ3n) is 4.20. The van der Waals surface area contributed by atoms with Gasteiger partial charge in [-0.25, -0.2) is 0 Å². The predicted molar refractivity (Wildman–Crippen MR) is 63.7 cm³/mol. The van der Waals surface area contributed by atoms with Crippen LogP contribution in [0.5, 0.6) is 0 Å². The molecule has 4 nitrogen and oxygen atoms in total. The predicted octanol–water partition coefficient (Wildman–Crippen LogP) is 0.311. The summed E-state index contributed by atoms with van der Waals surface area (Å²) in [5, 5.41) is 0. The Morgan fingerprint density at radius 2 is 2.12 bits per heavy atom. The van der Waals surface area contributed by atoms with Gasteiger partial charge in [-0.2, -0.15) is 0 Å². The van der Waals surface area contributed by atoms with Crippen LogP contribution >= 0.6 is 0 Å². The van der Waals surface area contributed by atoms with Gasteiger partial charge in [0.25, 0.3) is 0 Å². The smallest absolute Gasteiger partial charge is 0.239 e. The minimum atomic E-state index is -0.775. The van der Waals surface area contributed by atoms with Crippen molar-refractivity contribution in [1.29, 1.82) is 0 Å². The summed E-state index contributed by atoms with van der Waals surface area (Å²) in [7, 11) is 0. The van der Waals surface area contributed by atoms with Crippen molar-refractivity contribution in [2.45, 2.75) is 38.1 Å². The molecule has 1 aliphatic carbocycles. The first-order valence-electron chi connectivity index (χ1n) is 6.37. The number of carbonyl (C=O) groups is 1. The Labute approximate surface area is 97.3 Å². The number of rotatable bonds is 5. The van der Waals surface area contributed by atoms with Crippen molar-refractivity contribution in [3.8, 4) is 0 Å². The van der Waals surface area contributed by atoms with Crippen LogP contribution < -0.4 is 11.5 Å². The number of hydrogen-bond donors (Lipinski definition) is 2. The molecule has 92 valence electrons. The highest BCUT2D eigenvalue weighted by Gasteiger charge is 2.48. The molecule has 2 atom stereocenters. The molecule has 2 unspecified atom stereocenters. The van der Waals surface area contributed by atoms with Gasteiger partial charge in [0.1, 0.15) is 5.54 Å². The number of hydrogen-bond acceptors (Lipinski definition) is 3. The summed E-state index contributed by atoms with van der Waals surface area (Å²) >= 11 is 0. The van der Waals surface area contributed by atoms with Gasteiger partial charge in [0.2, 0.25) is 5.91 Å². The van der Waals surface area contributed by atoms with Crippen molar-refractivity contribution in [3.05, 3.63) is 0 Å². The Bertz CT molecular complexity index is 277. The van der Waals surface area contributed by atoms with Gasteiger partial charge >= 0.3 is 0 Å². The van der Waals surface area contributed by atoms with E-state index in [2.05, 4.69) is 11.8 Å². The lowest BCUT2D eigenvalue weighted by Gasteiger charge is -2.31. The minimum Gasteiger partial charge on any atom is -0.368 e. The molecule has 0 radical (unpaired) electrons. The van der Waals surface area contributed by atoms with Gasteiger partial charge in [-0.3, -0.25) is 4.79 Å². The average molecular weight is 225 g/mol. The highest BCUT2D eigenvalue weighted by Crippen LogP contribution is 2.39. The molecule has 2 rings (SSSR count). The summed E-state index contributed by atoms with van der Waals surface area (Å²) in [4.78, 5) is 13.8. The summed E-state index contributed by atoms with van der Waals surface area (Å²) in [5.41, 5.74) is 10.9. The van der Waals surface area contributed by atoms with Crippen molar-refractivity contribution in [3.63, 3.8) is 0 Å². The summed E-state index contributed by atoms with van der Waals surface area (Å²) in [6.07, 6.45) is 4.57. The first-order valence-corrected chi connectivity index (χ1v) is 6.37. The van der Waals surface area contributed by atoms with Crippen molar-refractivity contribution in [2.24, 2.45) is 23.3 Å². The molecule has 0 spiro atoms. The fourth-order valence-electron chi connectivity index (χ4n) is 2.77. The molecule has 2 aliphatic rings. The van der Waals surface area contributed by atoms with E-state index in [-0.39, 0.29) is 5.91 Å². The van der Waals surface area contributed by atoms with E-state index in [1.807, 2.05) is 0 Å². The zero-order valence-electron chi connectivity index (χ0n) is 10.1. The van der Waals surface area contributed by atoms with Crippen LogP contribution in [-0.4, -0.2) is 36.0 Å². The minimum absolute atomic E-state index is 0.324. The zero-order chi connectivity index (χ0) is 11.8. The molecule has 0 bridgehead atoms. The molecule has 1 amide bonds. The van der Waals surface area contributed by atoms with Crippen LogP contribution in [-0.2, 0) is 4.79 Å². The third kappa shape index (κ3) is 2.23. The van der Waals surface area contributed by atoms with E-state index in [4.69, 9.17) is 11.5 Å². The molecule has 16 heavy (non-hydrogen) atoms. The monoisotopic (exact) mass is 225 g/mol. The van der Waals surface area contributed by atoms with Gasteiger partial charge in [0, 0.05) is 13.1 Å². The van der Waals surface area contributed by atoms with Crippen LogP contribution in [0.2, 0.25) is 0 Å². The van der Waals surface area contributed by atoms with Gasteiger partial charge in [0.05, 0.1) is 0 Å². The number of nitrogens with two attached hydrogens (primary N) is 2. The molecule has 1 saturated heterocycles. The van der Waals surface area contributed by atoms with E-state index in [0.717, 1.165) is 31.8 Å². The quantitative estimate of drug-likeness (QED) is 0.707. The lowest BCUT2D eigenvalue weighted by Crippen LogP contribution is -2.60. The van der Waals surface area contributed by atoms with Gasteiger partial charge in [-0.15, -0.1) is 0 Å². The van der Waals surface area contributed by atoms with E-state index in [0.29, 0.717) is 12.5 Å². The molecule has 0 aromatic rings. The second-order valence-corrected chi connectivity index (χ2v) is 5.48. The van der Waals surface area contributed by atoms with Crippen molar-refractivity contribution >= 4 is 5.91 Å². The molecule has 0 aromatic heterocycles. The molecule has 1 heterocycles. The van der Waals surface area contributed by atoms with Crippen LogP contribution in [0.1, 0.15) is 32.6 Å². The van der Waals surface area contributed by atoms with E-state index in [1.165, 1.54) is 12.8 Å². The summed E-state index contributed by atoms with van der Waals surface area (Å²) in [5.74, 6) is 0.775. The second-order valence-electron chi connectivity index (χ2n) is 5.48. The van der Waals surface area contributed by atoms with Crippen LogP contribution in [0.3, 0.4) is 0 Å². The van der Waals surface area contributed by atoms with E-state index < -0.39 is 5.54 Å². The molecule has 1 aliphatic heterocycles. The van der Waals surface area contributed by atoms with Gasteiger partial charge in [-0.05, 0) is 37.6 Å². The lowest BCUT2D eigenvalue weighted by atomic mass is 9.93. The zero-order valence-corrected chi connectivity index (χ0v) is 10.1. The van der Waals surface area contributed by atoms with Gasteiger partial charge in [0.15, 0.2) is 0 Å².